The first-order valence-corrected chi connectivity index (χ1v) is 6.63. The predicted octanol–water partition coefficient (Wildman–Crippen LogP) is 3.17. The predicted molar refractivity (Wildman–Crippen MR) is 74.6 cm³/mol. The van der Waals surface area contributed by atoms with E-state index in [-0.39, 0.29) is 5.91 Å². The summed E-state index contributed by atoms with van der Waals surface area (Å²) in [7, 11) is 0. The van der Waals surface area contributed by atoms with Crippen molar-refractivity contribution in [2.45, 2.75) is 45.6 Å². The van der Waals surface area contributed by atoms with Crippen molar-refractivity contribution < 1.29 is 4.79 Å². The third-order valence-corrected chi connectivity index (χ3v) is 3.88. The Hall–Kier alpha value is -1.51. The van der Waals surface area contributed by atoms with E-state index in [1.807, 2.05) is 12.1 Å². The van der Waals surface area contributed by atoms with Crippen LogP contribution in [0.2, 0.25) is 0 Å². The van der Waals surface area contributed by atoms with Gasteiger partial charge in [0.1, 0.15) is 0 Å². The fourth-order valence-electron chi connectivity index (χ4n) is 2.51. The number of carbonyl (C=O) groups excluding carboxylic acids is 1. The molecule has 98 valence electrons. The lowest BCUT2D eigenvalue weighted by molar-refractivity contribution is 0.100. The Balaban J connectivity index is 1.92. The molecule has 1 amide bonds. The lowest BCUT2D eigenvalue weighted by Crippen LogP contribution is -2.29. The van der Waals surface area contributed by atoms with E-state index in [0.717, 1.165) is 5.69 Å². The van der Waals surface area contributed by atoms with Crippen LogP contribution >= 0.6 is 0 Å². The number of benzene rings is 1. The molecule has 1 aromatic rings. The Kier molecular flexibility index (Phi) is 3.60. The minimum absolute atomic E-state index is 0.374. The van der Waals surface area contributed by atoms with Gasteiger partial charge in [-0.1, -0.05) is 13.8 Å². The molecule has 3 nitrogen and oxygen atoms in total. The van der Waals surface area contributed by atoms with E-state index in [4.69, 9.17) is 5.73 Å². The van der Waals surface area contributed by atoms with E-state index in [1.165, 1.54) is 25.7 Å². The minimum Gasteiger partial charge on any atom is -0.382 e. The van der Waals surface area contributed by atoms with Crippen molar-refractivity contribution in [3.63, 3.8) is 0 Å². The summed E-state index contributed by atoms with van der Waals surface area (Å²) in [5.41, 5.74) is 7.35. The van der Waals surface area contributed by atoms with Crippen molar-refractivity contribution in [3.05, 3.63) is 29.8 Å². The summed E-state index contributed by atoms with van der Waals surface area (Å²) >= 11 is 0. The van der Waals surface area contributed by atoms with Gasteiger partial charge in [0.2, 0.25) is 5.91 Å². The summed E-state index contributed by atoms with van der Waals surface area (Å²) in [6.07, 6.45) is 4.96. The molecule has 1 saturated carbocycles. The number of primary amides is 1. The van der Waals surface area contributed by atoms with Gasteiger partial charge in [0, 0.05) is 17.3 Å². The van der Waals surface area contributed by atoms with Crippen molar-refractivity contribution in [1.82, 2.24) is 0 Å². The molecule has 0 aliphatic heterocycles. The maximum absolute atomic E-state index is 11.0. The van der Waals surface area contributed by atoms with E-state index in [9.17, 15) is 4.79 Å². The fourth-order valence-corrected chi connectivity index (χ4v) is 2.51. The summed E-state index contributed by atoms with van der Waals surface area (Å²) in [6.45, 7) is 4.68. The lowest BCUT2D eigenvalue weighted by Gasteiger charge is -2.35. The van der Waals surface area contributed by atoms with Crippen molar-refractivity contribution in [1.29, 1.82) is 0 Å². The Morgan fingerprint density at radius 3 is 2.28 bits per heavy atom. The van der Waals surface area contributed by atoms with Gasteiger partial charge in [-0.3, -0.25) is 4.79 Å². The highest BCUT2D eigenvalue weighted by Gasteiger charge is 2.26. The maximum Gasteiger partial charge on any atom is 0.248 e. The zero-order valence-electron chi connectivity index (χ0n) is 11.2. The van der Waals surface area contributed by atoms with Crippen LogP contribution in [0.3, 0.4) is 0 Å². The summed E-state index contributed by atoms with van der Waals surface area (Å²) in [4.78, 5) is 11.0. The number of nitrogens with two attached hydrogens (primary N) is 1. The third kappa shape index (κ3) is 3.25. The zero-order valence-corrected chi connectivity index (χ0v) is 11.2. The van der Waals surface area contributed by atoms with Gasteiger partial charge in [-0.15, -0.1) is 0 Å². The van der Waals surface area contributed by atoms with Crippen LogP contribution in [0.25, 0.3) is 0 Å². The first kappa shape index (κ1) is 12.9. The van der Waals surface area contributed by atoms with Crippen LogP contribution in [0.15, 0.2) is 24.3 Å². The number of amides is 1. The quantitative estimate of drug-likeness (QED) is 0.860. The first-order chi connectivity index (χ1) is 8.46. The van der Waals surface area contributed by atoms with Crippen LogP contribution in [0.5, 0.6) is 0 Å². The van der Waals surface area contributed by atoms with Gasteiger partial charge in [-0.2, -0.15) is 0 Å². The Morgan fingerprint density at radius 1 is 1.22 bits per heavy atom. The topological polar surface area (TPSA) is 55.1 Å². The minimum atomic E-state index is -0.374. The number of hydrogen-bond acceptors (Lipinski definition) is 2. The Labute approximate surface area is 109 Å². The van der Waals surface area contributed by atoms with Crippen LogP contribution in [-0.2, 0) is 0 Å². The van der Waals surface area contributed by atoms with Gasteiger partial charge in [-0.25, -0.2) is 0 Å². The molecule has 1 fully saturated rings. The molecule has 3 N–H and O–H groups in total. The van der Waals surface area contributed by atoms with Crippen molar-refractivity contribution in [2.24, 2.45) is 11.1 Å². The number of nitrogens with one attached hydrogen (secondary N) is 1. The van der Waals surface area contributed by atoms with Gasteiger partial charge in [0.15, 0.2) is 0 Å². The summed E-state index contributed by atoms with van der Waals surface area (Å²) in [5.74, 6) is -0.374. The molecule has 1 aliphatic rings. The van der Waals surface area contributed by atoms with E-state index < -0.39 is 0 Å². The Bertz CT molecular complexity index is 413. The van der Waals surface area contributed by atoms with Crippen molar-refractivity contribution in [3.8, 4) is 0 Å². The highest BCUT2D eigenvalue weighted by molar-refractivity contribution is 5.93. The summed E-state index contributed by atoms with van der Waals surface area (Å²) in [5, 5.41) is 3.53. The molecular formula is C15H22N2O. The van der Waals surface area contributed by atoms with Crippen LogP contribution in [0, 0.1) is 5.41 Å². The van der Waals surface area contributed by atoms with E-state index in [1.54, 1.807) is 12.1 Å². The molecule has 1 aromatic carbocycles. The van der Waals surface area contributed by atoms with Gasteiger partial charge in [0.25, 0.3) is 0 Å². The molecule has 0 unspecified atom stereocenters. The second-order valence-corrected chi connectivity index (χ2v) is 6.02. The average Bonchev–Trinajstić information content (AvgIpc) is 2.33. The molecule has 0 saturated heterocycles. The second kappa shape index (κ2) is 5.01. The molecule has 0 radical (unpaired) electrons. The smallest absolute Gasteiger partial charge is 0.248 e. The molecule has 0 heterocycles. The molecule has 0 bridgehead atoms. The number of anilines is 1. The van der Waals surface area contributed by atoms with Crippen molar-refractivity contribution in [2.75, 3.05) is 5.32 Å². The van der Waals surface area contributed by atoms with Crippen molar-refractivity contribution >= 4 is 11.6 Å². The van der Waals surface area contributed by atoms with E-state index in [2.05, 4.69) is 19.2 Å². The van der Waals surface area contributed by atoms with Crippen LogP contribution in [-0.4, -0.2) is 11.9 Å². The number of carbonyl (C=O) groups is 1. The monoisotopic (exact) mass is 246 g/mol. The molecular weight excluding hydrogens is 224 g/mol. The third-order valence-electron chi connectivity index (χ3n) is 3.88. The summed E-state index contributed by atoms with van der Waals surface area (Å²) < 4.78 is 0. The molecule has 0 spiro atoms. The van der Waals surface area contributed by atoms with Gasteiger partial charge in [0.05, 0.1) is 0 Å². The molecule has 0 aromatic heterocycles. The first-order valence-electron chi connectivity index (χ1n) is 6.63. The van der Waals surface area contributed by atoms with Crippen LogP contribution in [0.1, 0.15) is 49.9 Å². The largest absolute Gasteiger partial charge is 0.382 e. The molecule has 0 atom stereocenters. The molecule has 2 rings (SSSR count). The number of hydrogen-bond donors (Lipinski definition) is 2. The van der Waals surface area contributed by atoms with Crippen LogP contribution in [0.4, 0.5) is 5.69 Å². The zero-order chi connectivity index (χ0) is 13.2. The highest BCUT2D eigenvalue weighted by Crippen LogP contribution is 2.36. The normalized spacial score (nSPS) is 19.4. The maximum atomic E-state index is 11.0. The average molecular weight is 246 g/mol. The fraction of sp³-hybridized carbons (Fsp3) is 0.533. The molecule has 3 heteroatoms. The molecule has 18 heavy (non-hydrogen) atoms. The standard InChI is InChI=1S/C15H22N2O/c1-15(2)9-7-13(8-10-15)17-12-5-3-11(4-6-12)14(16)18/h3-6,13,17H,7-10H2,1-2H3,(H2,16,18). The summed E-state index contributed by atoms with van der Waals surface area (Å²) in [6, 6.07) is 7.96. The van der Waals surface area contributed by atoms with E-state index >= 15 is 0 Å². The Morgan fingerprint density at radius 2 is 1.78 bits per heavy atom. The highest BCUT2D eigenvalue weighted by atomic mass is 16.1. The van der Waals surface area contributed by atoms with Crippen LogP contribution < -0.4 is 11.1 Å². The second-order valence-electron chi connectivity index (χ2n) is 6.02. The number of rotatable bonds is 3. The van der Waals surface area contributed by atoms with E-state index in [0.29, 0.717) is 17.0 Å². The lowest BCUT2D eigenvalue weighted by atomic mass is 9.75. The van der Waals surface area contributed by atoms with Gasteiger partial charge < -0.3 is 11.1 Å². The van der Waals surface area contributed by atoms with Gasteiger partial charge in [-0.05, 0) is 55.4 Å². The SMILES string of the molecule is CC1(C)CCC(Nc2ccc(C(N)=O)cc2)CC1. The van der Waals surface area contributed by atoms with Gasteiger partial charge >= 0.3 is 0 Å². The molecule has 1 aliphatic carbocycles.